The van der Waals surface area contributed by atoms with Crippen molar-refractivity contribution in [3.8, 4) is 11.5 Å². The summed E-state index contributed by atoms with van der Waals surface area (Å²) in [5.41, 5.74) is 2.97. The molecule has 258 valence electrons. The van der Waals surface area contributed by atoms with Crippen molar-refractivity contribution in [2.45, 2.75) is 30.3 Å². The first-order chi connectivity index (χ1) is 24.2. The van der Waals surface area contributed by atoms with Gasteiger partial charge in [0.2, 0.25) is 5.91 Å². The number of hydrogen-bond acceptors (Lipinski definition) is 6. The maximum absolute atomic E-state index is 14.0. The summed E-state index contributed by atoms with van der Waals surface area (Å²) < 4.78 is 52.5. The molecule has 9 nitrogen and oxygen atoms in total. The smallest absolute Gasteiger partial charge is 0.261 e. The van der Waals surface area contributed by atoms with Crippen molar-refractivity contribution < 1.29 is 31.9 Å². The Balaban J connectivity index is 1.33. The Bertz CT molecular complexity index is 1940. The first kappa shape index (κ1) is 35.6. The van der Waals surface area contributed by atoms with Crippen molar-refractivity contribution in [2.75, 3.05) is 25.0 Å². The fourth-order valence-corrected chi connectivity index (χ4v) is 6.31. The van der Waals surface area contributed by atoms with Gasteiger partial charge in [0.1, 0.15) is 23.4 Å². The topological polar surface area (TPSA) is 114 Å². The van der Waals surface area contributed by atoms with Crippen molar-refractivity contribution >= 4 is 27.5 Å². The molecule has 0 unspecified atom stereocenters. The second-order valence-corrected chi connectivity index (χ2v) is 13.2. The van der Waals surface area contributed by atoms with Gasteiger partial charge in [-0.3, -0.25) is 14.3 Å². The average molecular weight is 696 g/mol. The van der Waals surface area contributed by atoms with Gasteiger partial charge in [-0.05, 0) is 83.8 Å². The fourth-order valence-electron chi connectivity index (χ4n) is 5.25. The Morgan fingerprint density at radius 3 is 1.96 bits per heavy atom. The lowest BCUT2D eigenvalue weighted by Gasteiger charge is -2.31. The molecule has 0 radical (unpaired) electrons. The summed E-state index contributed by atoms with van der Waals surface area (Å²) in [5.74, 6) is -0.297. The van der Waals surface area contributed by atoms with Crippen LogP contribution in [0.4, 0.5) is 10.1 Å². The van der Waals surface area contributed by atoms with Crippen LogP contribution in [0.1, 0.15) is 16.7 Å². The van der Waals surface area contributed by atoms with Crippen molar-refractivity contribution in [3.05, 3.63) is 156 Å². The van der Waals surface area contributed by atoms with Crippen LogP contribution in [0.2, 0.25) is 0 Å². The summed E-state index contributed by atoms with van der Waals surface area (Å²) >= 11 is 0. The molecule has 5 aromatic rings. The molecule has 0 aliphatic carbocycles. The maximum atomic E-state index is 14.0. The predicted molar refractivity (Wildman–Crippen MR) is 190 cm³/mol. The third-order valence-corrected chi connectivity index (χ3v) is 9.33. The van der Waals surface area contributed by atoms with Gasteiger partial charge in [-0.15, -0.1) is 0 Å². The Morgan fingerprint density at radius 1 is 0.740 bits per heavy atom. The molecule has 2 N–H and O–H groups in total. The zero-order valence-electron chi connectivity index (χ0n) is 27.5. The zero-order valence-corrected chi connectivity index (χ0v) is 28.3. The number of hydrogen-bond donors (Lipinski definition) is 2. The lowest BCUT2D eigenvalue weighted by molar-refractivity contribution is -0.142. The molecule has 50 heavy (non-hydrogen) atoms. The number of benzene rings is 5. The normalized spacial score (nSPS) is 11.6. The molecule has 0 aliphatic heterocycles. The highest BCUT2D eigenvalue weighted by Crippen LogP contribution is 2.21. The number of amides is 2. The quantitative estimate of drug-likeness (QED) is 0.131. The van der Waals surface area contributed by atoms with Crippen molar-refractivity contribution in [2.24, 2.45) is 0 Å². The van der Waals surface area contributed by atoms with Gasteiger partial charge in [0.15, 0.2) is 6.61 Å². The number of halogens is 1. The molecular formula is C39H38FN3O6S. The van der Waals surface area contributed by atoms with E-state index in [0.717, 1.165) is 28.8 Å². The van der Waals surface area contributed by atoms with Crippen LogP contribution in [0, 0.1) is 5.82 Å². The lowest BCUT2D eigenvalue weighted by atomic mass is 10.0. The Morgan fingerprint density at radius 2 is 1.34 bits per heavy atom. The van der Waals surface area contributed by atoms with Crippen LogP contribution < -0.4 is 19.5 Å². The lowest BCUT2D eigenvalue weighted by Crippen LogP contribution is -2.52. The molecule has 0 saturated carbocycles. The van der Waals surface area contributed by atoms with Gasteiger partial charge >= 0.3 is 0 Å². The number of methoxy groups -OCH3 is 1. The van der Waals surface area contributed by atoms with E-state index in [1.54, 1.807) is 19.2 Å². The first-order valence-corrected chi connectivity index (χ1v) is 17.5. The molecule has 11 heteroatoms. The van der Waals surface area contributed by atoms with Gasteiger partial charge in [-0.25, -0.2) is 12.8 Å². The monoisotopic (exact) mass is 695 g/mol. The number of rotatable bonds is 16. The van der Waals surface area contributed by atoms with Gasteiger partial charge in [-0.1, -0.05) is 72.8 Å². The van der Waals surface area contributed by atoms with Crippen LogP contribution in [0.25, 0.3) is 0 Å². The first-order valence-electron chi connectivity index (χ1n) is 16.0. The van der Waals surface area contributed by atoms with Crippen LogP contribution in [0.3, 0.4) is 0 Å². The largest absolute Gasteiger partial charge is 0.497 e. The molecule has 0 aliphatic rings. The molecule has 2 amide bonds. The number of carbonyl (C=O) groups excluding carboxylic acids is 2. The van der Waals surface area contributed by atoms with Crippen LogP contribution in [-0.2, 0) is 39.0 Å². The van der Waals surface area contributed by atoms with E-state index in [0.29, 0.717) is 18.7 Å². The molecule has 0 bridgehead atoms. The molecule has 0 fully saturated rings. The standard InChI is InChI=1S/C39H38FN3O6S/c1-48-34-18-12-31(13-19-34)27-43(37(26-30-10-6-3-7-11-30)39(45)41-25-24-29-8-4-2-5-9-29)38(44)28-49-35-20-22-36(23-21-35)50(46,47)42-33-16-14-32(40)15-17-33/h2-23,37,42H,24-28H2,1H3,(H,41,45)/t37-/m0/s1. The minimum absolute atomic E-state index is 0.0447. The third-order valence-electron chi connectivity index (χ3n) is 7.93. The minimum Gasteiger partial charge on any atom is -0.497 e. The van der Waals surface area contributed by atoms with E-state index in [2.05, 4.69) is 10.0 Å². The molecule has 5 aromatic carbocycles. The van der Waals surface area contributed by atoms with Crippen LogP contribution in [0.15, 0.2) is 138 Å². The summed E-state index contributed by atoms with van der Waals surface area (Å²) in [7, 11) is -2.39. The second kappa shape index (κ2) is 17.1. The third kappa shape index (κ3) is 10.2. The van der Waals surface area contributed by atoms with E-state index >= 15 is 0 Å². The highest BCUT2D eigenvalue weighted by atomic mass is 32.2. The summed E-state index contributed by atoms with van der Waals surface area (Å²) in [6, 6.07) is 36.2. The zero-order chi connectivity index (χ0) is 35.3. The maximum Gasteiger partial charge on any atom is 0.261 e. The number of carbonyl (C=O) groups is 2. The Kier molecular flexibility index (Phi) is 12.2. The van der Waals surface area contributed by atoms with E-state index in [4.69, 9.17) is 9.47 Å². The van der Waals surface area contributed by atoms with E-state index < -0.39 is 34.4 Å². The highest BCUT2D eigenvalue weighted by Gasteiger charge is 2.30. The van der Waals surface area contributed by atoms with E-state index in [9.17, 15) is 22.4 Å². The Labute approximate surface area is 291 Å². The van der Waals surface area contributed by atoms with E-state index in [1.807, 2.05) is 72.8 Å². The molecule has 0 heterocycles. The fraction of sp³-hybridized carbons (Fsp3) is 0.179. The number of nitrogens with zero attached hydrogens (tertiary/aromatic N) is 1. The molecule has 0 saturated heterocycles. The average Bonchev–Trinajstić information content (AvgIpc) is 3.14. The molecule has 1 atom stereocenters. The minimum atomic E-state index is -3.96. The second-order valence-electron chi connectivity index (χ2n) is 11.5. The number of nitrogens with one attached hydrogen (secondary N) is 2. The van der Waals surface area contributed by atoms with Crippen molar-refractivity contribution in [1.82, 2.24) is 10.2 Å². The number of sulfonamides is 1. The highest BCUT2D eigenvalue weighted by molar-refractivity contribution is 7.92. The van der Waals surface area contributed by atoms with Crippen molar-refractivity contribution in [1.29, 1.82) is 0 Å². The number of ether oxygens (including phenoxy) is 2. The molecular weight excluding hydrogens is 658 g/mol. The molecule has 5 rings (SSSR count). The predicted octanol–water partition coefficient (Wildman–Crippen LogP) is 6.01. The van der Waals surface area contributed by atoms with Gasteiger partial charge in [0.05, 0.1) is 12.0 Å². The van der Waals surface area contributed by atoms with Crippen molar-refractivity contribution in [3.63, 3.8) is 0 Å². The summed E-state index contributed by atoms with van der Waals surface area (Å²) in [5, 5.41) is 3.03. The number of anilines is 1. The van der Waals surface area contributed by atoms with E-state index in [-0.39, 0.29) is 35.2 Å². The van der Waals surface area contributed by atoms with E-state index in [1.165, 1.54) is 41.3 Å². The van der Waals surface area contributed by atoms with Gasteiger partial charge < -0.3 is 19.7 Å². The Hall–Kier alpha value is -5.68. The van der Waals surface area contributed by atoms with Gasteiger partial charge in [0.25, 0.3) is 15.9 Å². The summed E-state index contributed by atoms with van der Waals surface area (Å²) in [4.78, 5) is 29.3. The van der Waals surface area contributed by atoms with Gasteiger partial charge in [0, 0.05) is 25.2 Å². The SMILES string of the molecule is COc1ccc(CN(C(=O)COc2ccc(S(=O)(=O)Nc3ccc(F)cc3)cc2)[C@@H](Cc2ccccc2)C(=O)NCCc2ccccc2)cc1. The van der Waals surface area contributed by atoms with Crippen LogP contribution in [-0.4, -0.2) is 51.4 Å². The molecule has 0 aromatic heterocycles. The summed E-state index contributed by atoms with van der Waals surface area (Å²) in [6.45, 7) is 0.112. The molecule has 0 spiro atoms. The summed E-state index contributed by atoms with van der Waals surface area (Å²) in [6.07, 6.45) is 0.902. The van der Waals surface area contributed by atoms with Crippen LogP contribution >= 0.6 is 0 Å². The van der Waals surface area contributed by atoms with Crippen LogP contribution in [0.5, 0.6) is 11.5 Å². The van der Waals surface area contributed by atoms with Gasteiger partial charge in [-0.2, -0.15) is 0 Å².